The van der Waals surface area contributed by atoms with Gasteiger partial charge in [-0.25, -0.2) is 4.39 Å². The van der Waals surface area contributed by atoms with E-state index < -0.39 is 11.4 Å². The van der Waals surface area contributed by atoms with Gasteiger partial charge in [0, 0.05) is 24.4 Å². The second-order valence-corrected chi connectivity index (χ2v) is 11.1. The molecule has 0 unspecified atom stereocenters. The number of hydrogen-bond donors (Lipinski definition) is 2. The Balaban J connectivity index is 1.64. The monoisotopic (exact) mass is 496 g/mol. The van der Waals surface area contributed by atoms with E-state index in [2.05, 4.69) is 10.6 Å². The first-order valence-corrected chi connectivity index (χ1v) is 13.5. The Bertz CT molecular complexity index is 1180. The standard InChI is InChI=1S/C28H37FN4O3/c1-18(34)30-24-22-16-19(29)14-15-23(22)32-17-28(2,27(36)31-20-10-6-5-7-11-20)33(26(35)25(24)32)21-12-8-3-4-9-13-21/h14-16,20-21H,3-13,17H2,1-2H3,(H,30,34)(H,31,36)/t28-/m0/s1. The van der Waals surface area contributed by atoms with Gasteiger partial charge in [0.05, 0.1) is 17.7 Å². The molecule has 2 saturated carbocycles. The lowest BCUT2D eigenvalue weighted by atomic mass is 9.88. The van der Waals surface area contributed by atoms with E-state index in [0.29, 0.717) is 22.3 Å². The van der Waals surface area contributed by atoms with Crippen molar-refractivity contribution in [3.05, 3.63) is 29.7 Å². The fourth-order valence-corrected chi connectivity index (χ4v) is 6.59. The Labute approximate surface area is 211 Å². The average Bonchev–Trinajstić information content (AvgIpc) is 2.99. The Morgan fingerprint density at radius 3 is 2.31 bits per heavy atom. The summed E-state index contributed by atoms with van der Waals surface area (Å²) in [6.07, 6.45) is 11.3. The summed E-state index contributed by atoms with van der Waals surface area (Å²) in [5.74, 6) is -1.16. The molecule has 2 aromatic rings. The number of halogens is 1. The molecule has 2 fully saturated rings. The third kappa shape index (κ3) is 4.39. The van der Waals surface area contributed by atoms with Crippen molar-refractivity contribution in [1.29, 1.82) is 0 Å². The van der Waals surface area contributed by atoms with Gasteiger partial charge in [-0.3, -0.25) is 14.4 Å². The minimum absolute atomic E-state index is 0.0595. The SMILES string of the molecule is CC(=O)Nc1c2n(c3ccc(F)cc13)C[C@@](C)(C(=O)NC1CCCCC1)N(C1CCCCCC1)C2=O. The number of carbonyl (C=O) groups excluding carboxylic acids is 3. The summed E-state index contributed by atoms with van der Waals surface area (Å²) >= 11 is 0. The summed E-state index contributed by atoms with van der Waals surface area (Å²) in [4.78, 5) is 42.3. The maximum Gasteiger partial charge on any atom is 0.273 e. The largest absolute Gasteiger partial charge is 0.351 e. The first-order chi connectivity index (χ1) is 17.3. The summed E-state index contributed by atoms with van der Waals surface area (Å²) in [6.45, 7) is 3.52. The third-order valence-electron chi connectivity index (χ3n) is 8.36. The smallest absolute Gasteiger partial charge is 0.273 e. The molecule has 0 saturated heterocycles. The quantitative estimate of drug-likeness (QED) is 0.576. The number of anilines is 1. The molecule has 1 aliphatic heterocycles. The van der Waals surface area contributed by atoms with Gasteiger partial charge in [-0.05, 0) is 50.8 Å². The van der Waals surface area contributed by atoms with Crippen molar-refractivity contribution in [2.75, 3.05) is 5.32 Å². The summed E-state index contributed by atoms with van der Waals surface area (Å²) in [7, 11) is 0. The molecular weight excluding hydrogens is 459 g/mol. The number of amides is 3. The number of nitrogens with zero attached hydrogens (tertiary/aromatic N) is 2. The summed E-state index contributed by atoms with van der Waals surface area (Å²) in [5.41, 5.74) is 0.207. The highest BCUT2D eigenvalue weighted by Crippen LogP contribution is 2.41. The van der Waals surface area contributed by atoms with Crippen LogP contribution in [0.4, 0.5) is 10.1 Å². The molecule has 8 heteroatoms. The number of aromatic nitrogens is 1. The molecular formula is C28H37FN4O3. The highest BCUT2D eigenvalue weighted by Gasteiger charge is 2.51. The molecule has 0 bridgehead atoms. The van der Waals surface area contributed by atoms with E-state index in [1.54, 1.807) is 6.07 Å². The number of hydrogen-bond acceptors (Lipinski definition) is 3. The lowest BCUT2D eigenvalue weighted by molar-refractivity contribution is -0.135. The van der Waals surface area contributed by atoms with Gasteiger partial charge < -0.3 is 20.1 Å². The number of nitrogens with one attached hydrogen (secondary N) is 2. The Morgan fingerprint density at radius 2 is 1.64 bits per heavy atom. The van der Waals surface area contributed by atoms with Crippen LogP contribution in [0.5, 0.6) is 0 Å². The topological polar surface area (TPSA) is 83.4 Å². The van der Waals surface area contributed by atoms with Crippen molar-refractivity contribution in [2.45, 2.75) is 109 Å². The predicted molar refractivity (Wildman–Crippen MR) is 137 cm³/mol. The maximum atomic E-state index is 14.4. The van der Waals surface area contributed by atoms with Crippen LogP contribution in [-0.4, -0.2) is 44.8 Å². The number of fused-ring (bicyclic) bond motifs is 3. The van der Waals surface area contributed by atoms with E-state index in [0.717, 1.165) is 64.2 Å². The molecule has 1 atom stereocenters. The number of rotatable bonds is 4. The van der Waals surface area contributed by atoms with Crippen LogP contribution in [0.2, 0.25) is 0 Å². The van der Waals surface area contributed by atoms with Crippen molar-refractivity contribution in [3.63, 3.8) is 0 Å². The van der Waals surface area contributed by atoms with Gasteiger partial charge >= 0.3 is 0 Å². The zero-order chi connectivity index (χ0) is 25.4. The summed E-state index contributed by atoms with van der Waals surface area (Å²) in [6, 6.07) is 4.41. The van der Waals surface area contributed by atoms with Crippen molar-refractivity contribution < 1.29 is 18.8 Å². The van der Waals surface area contributed by atoms with Crippen LogP contribution in [-0.2, 0) is 16.1 Å². The molecule has 7 nitrogen and oxygen atoms in total. The minimum atomic E-state index is -1.09. The van der Waals surface area contributed by atoms with Gasteiger partial charge in [-0.2, -0.15) is 0 Å². The van der Waals surface area contributed by atoms with Gasteiger partial charge in [0.1, 0.15) is 17.1 Å². The second kappa shape index (κ2) is 9.87. The van der Waals surface area contributed by atoms with Gasteiger partial charge in [-0.1, -0.05) is 44.9 Å². The first-order valence-electron chi connectivity index (χ1n) is 13.5. The van der Waals surface area contributed by atoms with Crippen LogP contribution < -0.4 is 10.6 Å². The lowest BCUT2D eigenvalue weighted by Crippen LogP contribution is -2.67. The zero-order valence-electron chi connectivity index (χ0n) is 21.4. The first kappa shape index (κ1) is 24.8. The van der Waals surface area contributed by atoms with Crippen LogP contribution >= 0.6 is 0 Å². The zero-order valence-corrected chi connectivity index (χ0v) is 21.4. The summed E-state index contributed by atoms with van der Waals surface area (Å²) in [5, 5.41) is 6.56. The molecule has 0 radical (unpaired) electrons. The van der Waals surface area contributed by atoms with Crippen LogP contribution in [0.25, 0.3) is 10.9 Å². The molecule has 2 N–H and O–H groups in total. The van der Waals surface area contributed by atoms with E-state index in [-0.39, 0.29) is 36.3 Å². The molecule has 194 valence electrons. The van der Waals surface area contributed by atoms with Crippen LogP contribution in [0.1, 0.15) is 95.0 Å². The summed E-state index contributed by atoms with van der Waals surface area (Å²) < 4.78 is 16.1. The van der Waals surface area contributed by atoms with Gasteiger partial charge in [0.2, 0.25) is 11.8 Å². The minimum Gasteiger partial charge on any atom is -0.351 e. The molecule has 3 aliphatic rings. The number of benzene rings is 1. The van der Waals surface area contributed by atoms with E-state index >= 15 is 0 Å². The molecule has 3 amide bonds. The Morgan fingerprint density at radius 1 is 1.00 bits per heavy atom. The lowest BCUT2D eigenvalue weighted by Gasteiger charge is -2.48. The maximum absolute atomic E-state index is 14.4. The molecule has 5 rings (SSSR count). The molecule has 1 aromatic carbocycles. The van der Waals surface area contributed by atoms with Crippen LogP contribution in [0.15, 0.2) is 18.2 Å². The van der Waals surface area contributed by atoms with E-state index in [1.807, 2.05) is 16.4 Å². The van der Waals surface area contributed by atoms with Gasteiger partial charge in [0.15, 0.2) is 0 Å². The fourth-order valence-electron chi connectivity index (χ4n) is 6.59. The van der Waals surface area contributed by atoms with Crippen molar-refractivity contribution in [2.24, 2.45) is 0 Å². The van der Waals surface area contributed by atoms with E-state index in [1.165, 1.54) is 25.5 Å². The van der Waals surface area contributed by atoms with Gasteiger partial charge in [0.25, 0.3) is 5.91 Å². The van der Waals surface area contributed by atoms with Crippen LogP contribution in [0.3, 0.4) is 0 Å². The van der Waals surface area contributed by atoms with Crippen molar-refractivity contribution in [3.8, 4) is 0 Å². The molecule has 36 heavy (non-hydrogen) atoms. The van der Waals surface area contributed by atoms with Crippen LogP contribution in [0, 0.1) is 5.82 Å². The normalized spacial score (nSPS) is 23.9. The average molecular weight is 497 g/mol. The second-order valence-electron chi connectivity index (χ2n) is 11.1. The number of carbonyl (C=O) groups is 3. The van der Waals surface area contributed by atoms with Gasteiger partial charge in [-0.15, -0.1) is 0 Å². The highest BCUT2D eigenvalue weighted by atomic mass is 19.1. The highest BCUT2D eigenvalue weighted by molar-refractivity contribution is 6.14. The molecule has 2 heterocycles. The molecule has 0 spiro atoms. The molecule has 2 aliphatic carbocycles. The predicted octanol–water partition coefficient (Wildman–Crippen LogP) is 5.13. The molecule has 1 aromatic heterocycles. The van der Waals surface area contributed by atoms with E-state index in [9.17, 15) is 18.8 Å². The fraction of sp³-hybridized carbons (Fsp3) is 0.607. The Kier molecular flexibility index (Phi) is 6.79. The van der Waals surface area contributed by atoms with Crippen molar-refractivity contribution in [1.82, 2.24) is 14.8 Å². The van der Waals surface area contributed by atoms with E-state index in [4.69, 9.17) is 0 Å². The Hall–Kier alpha value is -2.90. The van der Waals surface area contributed by atoms with Crippen molar-refractivity contribution >= 4 is 34.3 Å². The third-order valence-corrected chi connectivity index (χ3v) is 8.36.